The Kier molecular flexibility index (Phi) is 6.40. The lowest BCUT2D eigenvalue weighted by Gasteiger charge is -2.23. The fourth-order valence-corrected chi connectivity index (χ4v) is 3.57. The summed E-state index contributed by atoms with van der Waals surface area (Å²) in [6.07, 6.45) is 4.43. The number of aryl methyl sites for hydroxylation is 1. The lowest BCUT2D eigenvalue weighted by atomic mass is 10.0. The topological polar surface area (TPSA) is 55.1 Å². The van der Waals surface area contributed by atoms with Gasteiger partial charge in [-0.2, -0.15) is 11.8 Å². The molecule has 1 aliphatic rings. The first-order chi connectivity index (χ1) is 9.74. The molecule has 110 valence electrons. The van der Waals surface area contributed by atoms with Crippen molar-refractivity contribution in [1.29, 1.82) is 0 Å². The highest BCUT2D eigenvalue weighted by molar-refractivity contribution is 7.99. The summed E-state index contributed by atoms with van der Waals surface area (Å²) in [5, 5.41) is 3.12. The SMILES string of the molecule is NC(CCc1ccccc1)CC(=O)NC1CCSCC1. The van der Waals surface area contributed by atoms with E-state index in [1.165, 1.54) is 5.56 Å². The molecule has 0 saturated carbocycles. The lowest BCUT2D eigenvalue weighted by molar-refractivity contribution is -0.122. The summed E-state index contributed by atoms with van der Waals surface area (Å²) >= 11 is 1.97. The van der Waals surface area contributed by atoms with Gasteiger partial charge in [-0.3, -0.25) is 4.79 Å². The van der Waals surface area contributed by atoms with Crippen LogP contribution in [0.15, 0.2) is 30.3 Å². The van der Waals surface area contributed by atoms with E-state index < -0.39 is 0 Å². The van der Waals surface area contributed by atoms with E-state index in [1.807, 2.05) is 30.0 Å². The van der Waals surface area contributed by atoms with Crippen molar-refractivity contribution in [3.8, 4) is 0 Å². The van der Waals surface area contributed by atoms with E-state index in [0.29, 0.717) is 12.5 Å². The van der Waals surface area contributed by atoms with Crippen molar-refractivity contribution in [2.24, 2.45) is 5.73 Å². The van der Waals surface area contributed by atoms with Crippen LogP contribution in [0.3, 0.4) is 0 Å². The predicted molar refractivity (Wildman–Crippen MR) is 85.8 cm³/mol. The maximum absolute atomic E-state index is 11.9. The van der Waals surface area contributed by atoms with Crippen LogP contribution in [0.25, 0.3) is 0 Å². The molecule has 0 spiro atoms. The molecule has 0 aliphatic carbocycles. The van der Waals surface area contributed by atoms with E-state index in [2.05, 4.69) is 17.4 Å². The second-order valence-corrected chi connectivity index (χ2v) is 6.67. The van der Waals surface area contributed by atoms with E-state index >= 15 is 0 Å². The van der Waals surface area contributed by atoms with Gasteiger partial charge in [0.2, 0.25) is 5.91 Å². The minimum absolute atomic E-state index is 0.0480. The Morgan fingerprint density at radius 1 is 1.30 bits per heavy atom. The summed E-state index contributed by atoms with van der Waals surface area (Å²) < 4.78 is 0. The first-order valence-electron chi connectivity index (χ1n) is 7.40. The molecule has 3 N–H and O–H groups in total. The molecule has 4 heteroatoms. The molecule has 3 nitrogen and oxygen atoms in total. The Balaban J connectivity index is 1.65. The molecular weight excluding hydrogens is 268 g/mol. The molecule has 0 aromatic heterocycles. The van der Waals surface area contributed by atoms with Gasteiger partial charge in [0.05, 0.1) is 0 Å². The van der Waals surface area contributed by atoms with Crippen LogP contribution in [-0.4, -0.2) is 29.5 Å². The molecule has 1 amide bonds. The molecule has 1 aliphatic heterocycles. The zero-order valence-corrected chi connectivity index (χ0v) is 12.7. The third-order valence-corrected chi connectivity index (χ3v) is 4.73. The summed E-state index contributed by atoms with van der Waals surface area (Å²) in [7, 11) is 0. The standard InChI is InChI=1S/C16H24N2OS/c17-14(7-6-13-4-2-1-3-5-13)12-16(19)18-15-8-10-20-11-9-15/h1-5,14-15H,6-12,17H2,(H,18,19). The monoisotopic (exact) mass is 292 g/mol. The van der Waals surface area contributed by atoms with Gasteiger partial charge >= 0.3 is 0 Å². The average molecular weight is 292 g/mol. The van der Waals surface area contributed by atoms with Crippen LogP contribution in [0.1, 0.15) is 31.2 Å². The van der Waals surface area contributed by atoms with Crippen molar-refractivity contribution in [3.05, 3.63) is 35.9 Å². The number of amides is 1. The van der Waals surface area contributed by atoms with Gasteiger partial charge in [-0.15, -0.1) is 0 Å². The number of carbonyl (C=O) groups is 1. The molecule has 1 unspecified atom stereocenters. The van der Waals surface area contributed by atoms with Gasteiger partial charge in [-0.05, 0) is 42.8 Å². The smallest absolute Gasteiger partial charge is 0.221 e. The number of benzene rings is 1. The van der Waals surface area contributed by atoms with E-state index in [1.54, 1.807) is 0 Å². The van der Waals surface area contributed by atoms with Crippen LogP contribution < -0.4 is 11.1 Å². The summed E-state index contributed by atoms with van der Waals surface area (Å²) in [6, 6.07) is 10.6. The number of rotatable bonds is 6. The van der Waals surface area contributed by atoms with E-state index in [4.69, 9.17) is 5.73 Å². The molecule has 0 bridgehead atoms. The van der Waals surface area contributed by atoms with Crippen molar-refractivity contribution < 1.29 is 4.79 Å². The summed E-state index contributed by atoms with van der Waals surface area (Å²) in [5.41, 5.74) is 7.35. The van der Waals surface area contributed by atoms with Gasteiger partial charge in [-0.25, -0.2) is 0 Å². The molecule has 20 heavy (non-hydrogen) atoms. The fraction of sp³-hybridized carbons (Fsp3) is 0.562. The van der Waals surface area contributed by atoms with Crippen LogP contribution in [0.2, 0.25) is 0 Å². The Morgan fingerprint density at radius 2 is 2.00 bits per heavy atom. The first-order valence-corrected chi connectivity index (χ1v) is 8.56. The van der Waals surface area contributed by atoms with Gasteiger partial charge < -0.3 is 11.1 Å². The number of hydrogen-bond acceptors (Lipinski definition) is 3. The van der Waals surface area contributed by atoms with Crippen molar-refractivity contribution >= 4 is 17.7 Å². The van der Waals surface area contributed by atoms with E-state index in [-0.39, 0.29) is 11.9 Å². The predicted octanol–water partition coefficient (Wildman–Crippen LogP) is 2.35. The van der Waals surface area contributed by atoms with E-state index in [9.17, 15) is 4.79 Å². The molecule has 1 aromatic rings. The minimum Gasteiger partial charge on any atom is -0.353 e. The van der Waals surface area contributed by atoms with Crippen LogP contribution in [-0.2, 0) is 11.2 Å². The highest BCUT2D eigenvalue weighted by Crippen LogP contribution is 2.17. The Hall–Kier alpha value is -1.00. The highest BCUT2D eigenvalue weighted by Gasteiger charge is 2.17. The molecule has 1 heterocycles. The number of nitrogens with one attached hydrogen (secondary N) is 1. The van der Waals surface area contributed by atoms with Crippen LogP contribution in [0.5, 0.6) is 0 Å². The Labute approximate surface area is 125 Å². The van der Waals surface area contributed by atoms with Crippen LogP contribution in [0, 0.1) is 0 Å². The minimum atomic E-state index is -0.0480. The average Bonchev–Trinajstić information content (AvgIpc) is 2.47. The van der Waals surface area contributed by atoms with Gasteiger partial charge in [0.1, 0.15) is 0 Å². The molecular formula is C16H24N2OS. The van der Waals surface area contributed by atoms with Gasteiger partial charge in [0.25, 0.3) is 0 Å². The van der Waals surface area contributed by atoms with Crippen molar-refractivity contribution in [3.63, 3.8) is 0 Å². The number of thioether (sulfide) groups is 1. The molecule has 1 saturated heterocycles. The third-order valence-electron chi connectivity index (χ3n) is 3.68. The maximum Gasteiger partial charge on any atom is 0.221 e. The number of carbonyl (C=O) groups excluding carboxylic acids is 1. The van der Waals surface area contributed by atoms with Crippen LogP contribution in [0.4, 0.5) is 0 Å². The molecule has 0 radical (unpaired) electrons. The summed E-state index contributed by atoms with van der Waals surface area (Å²) in [5.74, 6) is 2.43. The molecule has 1 atom stereocenters. The van der Waals surface area contributed by atoms with Crippen molar-refractivity contribution in [2.75, 3.05) is 11.5 Å². The van der Waals surface area contributed by atoms with Crippen molar-refractivity contribution in [2.45, 2.75) is 44.2 Å². The number of hydrogen-bond donors (Lipinski definition) is 2. The zero-order chi connectivity index (χ0) is 14.2. The van der Waals surface area contributed by atoms with Crippen molar-refractivity contribution in [1.82, 2.24) is 5.32 Å². The van der Waals surface area contributed by atoms with Gasteiger partial charge in [-0.1, -0.05) is 30.3 Å². The normalized spacial score (nSPS) is 17.6. The second-order valence-electron chi connectivity index (χ2n) is 5.44. The fourth-order valence-electron chi connectivity index (χ4n) is 2.47. The molecule has 1 fully saturated rings. The third kappa shape index (κ3) is 5.55. The highest BCUT2D eigenvalue weighted by atomic mass is 32.2. The van der Waals surface area contributed by atoms with Gasteiger partial charge in [0, 0.05) is 18.5 Å². The molecule has 1 aromatic carbocycles. The lowest BCUT2D eigenvalue weighted by Crippen LogP contribution is -2.40. The summed E-state index contributed by atoms with van der Waals surface area (Å²) in [6.45, 7) is 0. The second kappa shape index (κ2) is 8.32. The zero-order valence-electron chi connectivity index (χ0n) is 11.9. The van der Waals surface area contributed by atoms with E-state index in [0.717, 1.165) is 37.2 Å². The first kappa shape index (κ1) is 15.4. The summed E-state index contributed by atoms with van der Waals surface area (Å²) in [4.78, 5) is 11.9. The largest absolute Gasteiger partial charge is 0.353 e. The van der Waals surface area contributed by atoms with Crippen LogP contribution >= 0.6 is 11.8 Å². The van der Waals surface area contributed by atoms with Gasteiger partial charge in [0.15, 0.2) is 0 Å². The Morgan fingerprint density at radius 3 is 2.70 bits per heavy atom. The quantitative estimate of drug-likeness (QED) is 0.846. The molecule has 2 rings (SSSR count). The number of nitrogens with two attached hydrogens (primary N) is 1. The maximum atomic E-state index is 11.9. The Bertz CT molecular complexity index is 404.